The first kappa shape index (κ1) is 16.6. The Kier molecular flexibility index (Phi) is 5.24. The highest BCUT2D eigenvalue weighted by Crippen LogP contribution is 2.24. The molecule has 0 aliphatic heterocycles. The van der Waals surface area contributed by atoms with Crippen LogP contribution in [0, 0.1) is 13.8 Å². The van der Waals surface area contributed by atoms with Gasteiger partial charge in [0.2, 0.25) is 5.91 Å². The molecule has 0 atom stereocenters. The molecule has 4 nitrogen and oxygen atoms in total. The zero-order valence-electron chi connectivity index (χ0n) is 14.4. The van der Waals surface area contributed by atoms with E-state index < -0.39 is 0 Å². The van der Waals surface area contributed by atoms with E-state index in [9.17, 15) is 4.79 Å². The van der Waals surface area contributed by atoms with E-state index in [1.807, 2.05) is 32.8 Å². The average molecular weight is 301 g/mol. The van der Waals surface area contributed by atoms with Crippen LogP contribution >= 0.6 is 0 Å². The molecule has 1 aromatic heterocycles. The molecule has 0 unspecified atom stereocenters. The van der Waals surface area contributed by atoms with Crippen molar-refractivity contribution in [1.82, 2.24) is 14.8 Å². The van der Waals surface area contributed by atoms with Crippen LogP contribution < -0.4 is 0 Å². The van der Waals surface area contributed by atoms with Crippen LogP contribution in [-0.2, 0) is 11.2 Å². The van der Waals surface area contributed by atoms with Gasteiger partial charge in [0.15, 0.2) is 0 Å². The van der Waals surface area contributed by atoms with Crippen LogP contribution in [-0.4, -0.2) is 54.4 Å². The number of carbonyl (C=O) groups excluding carboxylic acids is 1. The quantitative estimate of drug-likeness (QED) is 0.891. The highest BCUT2D eigenvalue weighted by atomic mass is 16.2. The van der Waals surface area contributed by atoms with Crippen molar-refractivity contribution in [3.63, 3.8) is 0 Å². The van der Waals surface area contributed by atoms with Crippen molar-refractivity contribution < 1.29 is 4.79 Å². The van der Waals surface area contributed by atoms with Crippen LogP contribution in [0.15, 0.2) is 18.2 Å². The third-order valence-electron chi connectivity index (χ3n) is 4.15. The smallest absolute Gasteiger partial charge is 0.227 e. The number of likely N-dealkylation sites (N-methyl/N-ethyl adjacent to an activating group) is 2. The number of benzene rings is 1. The number of nitrogens with zero attached hydrogens (tertiary/aromatic N) is 2. The standard InChI is InChI=1S/C18H27N3O/c1-6-21(10-9-20(4)5)18(22)12-15-14(3)19-17-8-7-13(2)11-16(15)17/h7-8,11,19H,6,9-10,12H2,1-5H3. The lowest BCUT2D eigenvalue weighted by atomic mass is 10.1. The molecule has 22 heavy (non-hydrogen) atoms. The molecule has 0 radical (unpaired) electrons. The zero-order valence-corrected chi connectivity index (χ0v) is 14.4. The Hall–Kier alpha value is -1.81. The minimum atomic E-state index is 0.204. The lowest BCUT2D eigenvalue weighted by Crippen LogP contribution is -2.37. The molecule has 0 saturated heterocycles. The van der Waals surface area contributed by atoms with Gasteiger partial charge in [-0.25, -0.2) is 0 Å². The summed E-state index contributed by atoms with van der Waals surface area (Å²) in [5.41, 5.74) is 4.56. The second kappa shape index (κ2) is 6.97. The Labute approximate surface area is 133 Å². The van der Waals surface area contributed by atoms with Crippen LogP contribution in [0.1, 0.15) is 23.7 Å². The number of rotatable bonds is 6. The molecule has 4 heteroatoms. The molecule has 1 amide bonds. The number of carbonyl (C=O) groups is 1. The van der Waals surface area contributed by atoms with Gasteiger partial charge in [0.05, 0.1) is 6.42 Å². The Bertz CT molecular complexity index is 658. The molecule has 0 spiro atoms. The van der Waals surface area contributed by atoms with Crippen molar-refractivity contribution >= 4 is 16.8 Å². The number of amides is 1. The van der Waals surface area contributed by atoms with Crippen LogP contribution in [0.4, 0.5) is 0 Å². The Morgan fingerprint density at radius 2 is 1.91 bits per heavy atom. The summed E-state index contributed by atoms with van der Waals surface area (Å²) in [5.74, 6) is 0.204. The summed E-state index contributed by atoms with van der Waals surface area (Å²) in [5, 5.41) is 1.18. The topological polar surface area (TPSA) is 39.3 Å². The van der Waals surface area contributed by atoms with Gasteiger partial charge in [-0.15, -0.1) is 0 Å². The SMILES string of the molecule is CCN(CCN(C)C)C(=O)Cc1c(C)[nH]c2ccc(C)cc12. The van der Waals surface area contributed by atoms with Crippen LogP contribution in [0.25, 0.3) is 10.9 Å². The molecule has 0 bridgehead atoms. The third-order valence-corrected chi connectivity index (χ3v) is 4.15. The molecular weight excluding hydrogens is 274 g/mol. The normalized spacial score (nSPS) is 11.4. The maximum absolute atomic E-state index is 12.6. The van der Waals surface area contributed by atoms with Crippen molar-refractivity contribution in [3.8, 4) is 0 Å². The van der Waals surface area contributed by atoms with E-state index in [0.29, 0.717) is 6.42 Å². The monoisotopic (exact) mass is 301 g/mol. The zero-order chi connectivity index (χ0) is 16.3. The maximum Gasteiger partial charge on any atom is 0.227 e. The number of hydrogen-bond acceptors (Lipinski definition) is 2. The summed E-state index contributed by atoms with van der Waals surface area (Å²) >= 11 is 0. The Morgan fingerprint density at radius 1 is 1.18 bits per heavy atom. The van der Waals surface area contributed by atoms with E-state index in [4.69, 9.17) is 0 Å². The van der Waals surface area contributed by atoms with Gasteiger partial charge in [0.1, 0.15) is 0 Å². The molecular formula is C18H27N3O. The number of nitrogens with one attached hydrogen (secondary N) is 1. The van der Waals surface area contributed by atoms with E-state index in [1.165, 1.54) is 10.9 Å². The summed E-state index contributed by atoms with van der Waals surface area (Å²) in [6.07, 6.45) is 0.469. The van der Waals surface area contributed by atoms with Crippen molar-refractivity contribution in [2.75, 3.05) is 33.7 Å². The second-order valence-electron chi connectivity index (χ2n) is 6.23. The molecule has 0 fully saturated rings. The Morgan fingerprint density at radius 3 is 2.55 bits per heavy atom. The number of hydrogen-bond donors (Lipinski definition) is 1. The molecule has 120 valence electrons. The number of aryl methyl sites for hydroxylation is 2. The van der Waals surface area contributed by atoms with Crippen LogP contribution in [0.5, 0.6) is 0 Å². The average Bonchev–Trinajstić information content (AvgIpc) is 2.75. The summed E-state index contributed by atoms with van der Waals surface area (Å²) in [7, 11) is 4.07. The fourth-order valence-electron chi connectivity index (χ4n) is 2.77. The van der Waals surface area contributed by atoms with Crippen LogP contribution in [0.3, 0.4) is 0 Å². The molecule has 0 aliphatic carbocycles. The first-order chi connectivity index (χ1) is 10.4. The number of H-pyrrole nitrogens is 1. The minimum Gasteiger partial charge on any atom is -0.358 e. The number of fused-ring (bicyclic) bond motifs is 1. The van der Waals surface area contributed by atoms with Crippen molar-refractivity contribution in [2.24, 2.45) is 0 Å². The minimum absolute atomic E-state index is 0.204. The summed E-state index contributed by atoms with van der Waals surface area (Å²) < 4.78 is 0. The predicted octanol–water partition coefficient (Wildman–Crippen LogP) is 2.74. The first-order valence-corrected chi connectivity index (χ1v) is 7.92. The van der Waals surface area contributed by atoms with E-state index in [-0.39, 0.29) is 5.91 Å². The third kappa shape index (κ3) is 3.69. The summed E-state index contributed by atoms with van der Waals surface area (Å²) in [6, 6.07) is 6.35. The van der Waals surface area contributed by atoms with Crippen molar-refractivity contribution in [3.05, 3.63) is 35.0 Å². The van der Waals surface area contributed by atoms with Crippen LogP contribution in [0.2, 0.25) is 0 Å². The summed E-state index contributed by atoms with van der Waals surface area (Å²) in [4.78, 5) is 20.1. The molecule has 2 aromatic rings. The second-order valence-corrected chi connectivity index (χ2v) is 6.23. The van der Waals surface area contributed by atoms with Gasteiger partial charge >= 0.3 is 0 Å². The first-order valence-electron chi connectivity index (χ1n) is 7.92. The largest absolute Gasteiger partial charge is 0.358 e. The van der Waals surface area contributed by atoms with Crippen molar-refractivity contribution in [1.29, 1.82) is 0 Å². The highest BCUT2D eigenvalue weighted by molar-refractivity contribution is 5.90. The summed E-state index contributed by atoms with van der Waals surface area (Å²) in [6.45, 7) is 8.61. The van der Waals surface area contributed by atoms with Gasteiger partial charge in [-0.2, -0.15) is 0 Å². The number of aromatic nitrogens is 1. The van der Waals surface area contributed by atoms with Crippen molar-refractivity contribution in [2.45, 2.75) is 27.2 Å². The van der Waals surface area contributed by atoms with E-state index in [0.717, 1.165) is 36.4 Å². The fraction of sp³-hybridized carbons (Fsp3) is 0.500. The van der Waals surface area contributed by atoms with Gasteiger partial charge in [-0.3, -0.25) is 4.79 Å². The van der Waals surface area contributed by atoms with E-state index >= 15 is 0 Å². The molecule has 1 aromatic carbocycles. The van der Waals surface area contributed by atoms with E-state index in [1.54, 1.807) is 0 Å². The fourth-order valence-corrected chi connectivity index (χ4v) is 2.77. The van der Waals surface area contributed by atoms with Gasteiger partial charge in [0.25, 0.3) is 0 Å². The molecule has 1 N–H and O–H groups in total. The predicted molar refractivity (Wildman–Crippen MR) is 92.3 cm³/mol. The van der Waals surface area contributed by atoms with Gasteiger partial charge in [-0.1, -0.05) is 11.6 Å². The van der Waals surface area contributed by atoms with Gasteiger partial charge in [-0.05, 0) is 52.6 Å². The molecule has 2 rings (SSSR count). The highest BCUT2D eigenvalue weighted by Gasteiger charge is 2.17. The van der Waals surface area contributed by atoms with Gasteiger partial charge in [0, 0.05) is 36.2 Å². The van der Waals surface area contributed by atoms with Gasteiger partial charge < -0.3 is 14.8 Å². The maximum atomic E-state index is 12.6. The molecule has 1 heterocycles. The molecule has 0 aliphatic rings. The van der Waals surface area contributed by atoms with E-state index in [2.05, 4.69) is 35.0 Å². The Balaban J connectivity index is 2.20. The lowest BCUT2D eigenvalue weighted by Gasteiger charge is -2.23. The number of aromatic amines is 1. The lowest BCUT2D eigenvalue weighted by molar-refractivity contribution is -0.130. The molecule has 0 saturated carbocycles.